The van der Waals surface area contributed by atoms with Crippen LogP contribution in [0.5, 0.6) is 0 Å². The van der Waals surface area contributed by atoms with Crippen LogP contribution in [-0.2, 0) is 24.3 Å². The summed E-state index contributed by atoms with van der Waals surface area (Å²) in [5.41, 5.74) is 1.81. The van der Waals surface area contributed by atoms with Gasteiger partial charge in [0.2, 0.25) is 10.0 Å². The molecule has 0 saturated heterocycles. The number of hydrogen-bond acceptors (Lipinski definition) is 5. The number of rotatable bonds is 7. The fourth-order valence-corrected chi connectivity index (χ4v) is 3.34. The lowest BCUT2D eigenvalue weighted by atomic mass is 10.1. The maximum absolute atomic E-state index is 12.6. The number of sulfonamides is 1. The third kappa shape index (κ3) is 5.82. The van der Waals surface area contributed by atoms with Crippen LogP contribution in [0.1, 0.15) is 25.0 Å². The summed E-state index contributed by atoms with van der Waals surface area (Å²) in [6.07, 6.45) is 0. The second-order valence-corrected chi connectivity index (χ2v) is 8.20. The first-order chi connectivity index (χ1) is 11.5. The molecular weight excluding hydrogens is 344 g/mol. The van der Waals surface area contributed by atoms with Gasteiger partial charge in [-0.1, -0.05) is 19.9 Å². The van der Waals surface area contributed by atoms with E-state index in [1.807, 2.05) is 13.8 Å². The molecule has 140 valence electrons. The van der Waals surface area contributed by atoms with E-state index >= 15 is 0 Å². The highest BCUT2D eigenvalue weighted by Gasteiger charge is 2.30. The van der Waals surface area contributed by atoms with Crippen LogP contribution in [0.15, 0.2) is 23.1 Å². The van der Waals surface area contributed by atoms with E-state index in [1.54, 1.807) is 40.1 Å². The van der Waals surface area contributed by atoms with Gasteiger partial charge in [0.25, 0.3) is 5.91 Å². The van der Waals surface area contributed by atoms with Gasteiger partial charge < -0.3 is 9.64 Å². The molecule has 0 aliphatic carbocycles. The molecule has 1 atom stereocenters. The molecule has 1 aromatic carbocycles. The molecule has 0 aromatic heterocycles. The summed E-state index contributed by atoms with van der Waals surface area (Å²) < 4.78 is 32.5. The Morgan fingerprint density at radius 3 is 2.24 bits per heavy atom. The first-order valence-electron chi connectivity index (χ1n) is 7.92. The van der Waals surface area contributed by atoms with E-state index < -0.39 is 28.6 Å². The first kappa shape index (κ1) is 21.1. The zero-order chi connectivity index (χ0) is 19.4. The summed E-state index contributed by atoms with van der Waals surface area (Å²) in [7, 11) is -0.809. The zero-order valence-electron chi connectivity index (χ0n) is 15.5. The standard InChI is InChI=1S/C17H26N2O5S/c1-11(2)16(17(21)24-10-15(20)19(5)6)18-25(22,23)14-8-7-12(3)13(4)9-14/h7-9,11,16,18H,10H2,1-6H3/t16-/m0/s1. The summed E-state index contributed by atoms with van der Waals surface area (Å²) in [6.45, 7) is 6.66. The van der Waals surface area contributed by atoms with Gasteiger partial charge in [-0.25, -0.2) is 8.42 Å². The van der Waals surface area contributed by atoms with Crippen molar-refractivity contribution >= 4 is 21.9 Å². The molecule has 1 aromatic rings. The Kier molecular flexibility index (Phi) is 7.13. The molecule has 1 rings (SSSR count). The number of benzene rings is 1. The Labute approximate surface area is 149 Å². The number of ether oxygens (including phenoxy) is 1. The van der Waals surface area contributed by atoms with Crippen molar-refractivity contribution in [2.24, 2.45) is 5.92 Å². The second kappa shape index (κ2) is 8.44. The van der Waals surface area contributed by atoms with Crippen LogP contribution in [0.2, 0.25) is 0 Å². The number of likely N-dealkylation sites (N-methyl/N-ethyl adjacent to an activating group) is 1. The smallest absolute Gasteiger partial charge is 0.324 e. The number of carbonyl (C=O) groups is 2. The minimum atomic E-state index is -3.89. The van der Waals surface area contributed by atoms with Crippen molar-refractivity contribution in [1.29, 1.82) is 0 Å². The molecule has 0 saturated carbocycles. The molecule has 0 radical (unpaired) electrons. The van der Waals surface area contributed by atoms with Gasteiger partial charge in [0.05, 0.1) is 4.90 Å². The zero-order valence-corrected chi connectivity index (χ0v) is 16.3. The van der Waals surface area contributed by atoms with Crippen molar-refractivity contribution in [3.63, 3.8) is 0 Å². The minimum absolute atomic E-state index is 0.0819. The summed E-state index contributed by atoms with van der Waals surface area (Å²) in [6, 6.07) is 3.67. The number of hydrogen-bond donors (Lipinski definition) is 1. The number of carbonyl (C=O) groups excluding carboxylic acids is 2. The molecular formula is C17H26N2O5S. The van der Waals surface area contributed by atoms with E-state index in [0.29, 0.717) is 0 Å². The number of amides is 1. The van der Waals surface area contributed by atoms with E-state index in [1.165, 1.54) is 11.0 Å². The van der Waals surface area contributed by atoms with Gasteiger partial charge in [0.15, 0.2) is 6.61 Å². The van der Waals surface area contributed by atoms with Crippen molar-refractivity contribution in [3.05, 3.63) is 29.3 Å². The molecule has 0 bridgehead atoms. The third-order valence-corrected chi connectivity index (χ3v) is 5.27. The van der Waals surface area contributed by atoms with Gasteiger partial charge >= 0.3 is 5.97 Å². The topological polar surface area (TPSA) is 92.8 Å². The largest absolute Gasteiger partial charge is 0.454 e. The van der Waals surface area contributed by atoms with Crippen LogP contribution in [0.25, 0.3) is 0 Å². The van der Waals surface area contributed by atoms with Gasteiger partial charge in [-0.3, -0.25) is 9.59 Å². The fourth-order valence-electron chi connectivity index (χ4n) is 1.92. The average Bonchev–Trinajstić information content (AvgIpc) is 2.52. The average molecular weight is 370 g/mol. The second-order valence-electron chi connectivity index (χ2n) is 6.48. The normalized spacial score (nSPS) is 12.8. The van der Waals surface area contributed by atoms with Crippen LogP contribution < -0.4 is 4.72 Å². The lowest BCUT2D eigenvalue weighted by Crippen LogP contribution is -2.46. The highest BCUT2D eigenvalue weighted by Crippen LogP contribution is 2.16. The molecule has 0 aliphatic heterocycles. The summed E-state index contributed by atoms with van der Waals surface area (Å²) >= 11 is 0. The van der Waals surface area contributed by atoms with E-state index in [2.05, 4.69) is 4.72 Å². The summed E-state index contributed by atoms with van der Waals surface area (Å²) in [5, 5.41) is 0. The van der Waals surface area contributed by atoms with Crippen molar-refractivity contribution in [1.82, 2.24) is 9.62 Å². The van der Waals surface area contributed by atoms with Gasteiger partial charge in [-0.15, -0.1) is 0 Å². The molecule has 1 amide bonds. The van der Waals surface area contributed by atoms with E-state index in [0.717, 1.165) is 11.1 Å². The van der Waals surface area contributed by atoms with Crippen molar-refractivity contribution in [2.45, 2.75) is 38.6 Å². The van der Waals surface area contributed by atoms with Gasteiger partial charge in [-0.2, -0.15) is 4.72 Å². The van der Waals surface area contributed by atoms with Crippen molar-refractivity contribution in [2.75, 3.05) is 20.7 Å². The van der Waals surface area contributed by atoms with E-state index in [-0.39, 0.29) is 16.7 Å². The summed E-state index contributed by atoms with van der Waals surface area (Å²) in [5.74, 6) is -1.51. The maximum atomic E-state index is 12.6. The van der Waals surface area contributed by atoms with Crippen LogP contribution in [0, 0.1) is 19.8 Å². The molecule has 25 heavy (non-hydrogen) atoms. The van der Waals surface area contributed by atoms with Gasteiger partial charge in [0.1, 0.15) is 6.04 Å². The highest BCUT2D eigenvalue weighted by atomic mass is 32.2. The molecule has 0 spiro atoms. The van der Waals surface area contributed by atoms with Gasteiger partial charge in [0, 0.05) is 14.1 Å². The van der Waals surface area contributed by atoms with E-state index in [4.69, 9.17) is 4.74 Å². The molecule has 1 N–H and O–H groups in total. The van der Waals surface area contributed by atoms with E-state index in [9.17, 15) is 18.0 Å². The molecule has 0 fully saturated rings. The minimum Gasteiger partial charge on any atom is -0.454 e. The number of nitrogens with zero attached hydrogens (tertiary/aromatic N) is 1. The highest BCUT2D eigenvalue weighted by molar-refractivity contribution is 7.89. The third-order valence-electron chi connectivity index (χ3n) is 3.83. The molecule has 0 heterocycles. The lowest BCUT2D eigenvalue weighted by molar-refractivity contribution is -0.153. The van der Waals surface area contributed by atoms with Crippen molar-refractivity contribution < 1.29 is 22.7 Å². The Morgan fingerprint density at radius 1 is 1.16 bits per heavy atom. The van der Waals surface area contributed by atoms with Crippen LogP contribution in [0.3, 0.4) is 0 Å². The Balaban J connectivity index is 2.94. The molecule has 0 aliphatic rings. The van der Waals surface area contributed by atoms with Crippen molar-refractivity contribution in [3.8, 4) is 0 Å². The number of nitrogens with one attached hydrogen (secondary N) is 1. The van der Waals surface area contributed by atoms with Crippen LogP contribution >= 0.6 is 0 Å². The fraction of sp³-hybridized carbons (Fsp3) is 0.529. The first-order valence-corrected chi connectivity index (χ1v) is 9.40. The molecule has 7 nitrogen and oxygen atoms in total. The lowest BCUT2D eigenvalue weighted by Gasteiger charge is -2.21. The predicted molar refractivity (Wildman–Crippen MR) is 94.5 cm³/mol. The van der Waals surface area contributed by atoms with Gasteiger partial charge in [-0.05, 0) is 43.0 Å². The SMILES string of the molecule is Cc1ccc(S(=O)(=O)N[C@H](C(=O)OCC(=O)N(C)C)C(C)C)cc1C. The molecule has 0 unspecified atom stereocenters. The predicted octanol–water partition coefficient (Wildman–Crippen LogP) is 1.24. The van der Waals surface area contributed by atoms with Crippen LogP contribution in [0.4, 0.5) is 0 Å². The molecule has 8 heteroatoms. The Bertz CT molecular complexity index is 741. The number of esters is 1. The maximum Gasteiger partial charge on any atom is 0.324 e. The Hall–Kier alpha value is -1.93. The Morgan fingerprint density at radius 2 is 1.76 bits per heavy atom. The summed E-state index contributed by atoms with van der Waals surface area (Å²) in [4.78, 5) is 25.1. The van der Waals surface area contributed by atoms with Crippen LogP contribution in [-0.4, -0.2) is 51.9 Å². The monoisotopic (exact) mass is 370 g/mol. The quantitative estimate of drug-likeness (QED) is 0.729. The number of aryl methyl sites for hydroxylation is 2.